The smallest absolute Gasteiger partial charge is 0.0562 e. The van der Waals surface area contributed by atoms with Crippen LogP contribution < -0.4 is 4.90 Å². The summed E-state index contributed by atoms with van der Waals surface area (Å²) in [5.41, 5.74) is 9.38. The molecule has 0 aliphatic rings. The van der Waals surface area contributed by atoms with Crippen LogP contribution in [0.2, 0.25) is 0 Å². The van der Waals surface area contributed by atoms with Gasteiger partial charge >= 0.3 is 0 Å². The van der Waals surface area contributed by atoms with Gasteiger partial charge in [-0.05, 0) is 82.6 Å². The number of thiophene rings is 1. The second-order valence-electron chi connectivity index (χ2n) is 12.6. The van der Waals surface area contributed by atoms with Gasteiger partial charge in [0.1, 0.15) is 0 Å². The molecule has 0 N–H and O–H groups in total. The Bertz CT molecular complexity index is 2810. The van der Waals surface area contributed by atoms with E-state index < -0.39 is 0 Å². The second kappa shape index (κ2) is 11.2. The van der Waals surface area contributed by atoms with Gasteiger partial charge in [-0.25, -0.2) is 0 Å². The Morgan fingerprint density at radius 3 is 1.92 bits per heavy atom. The van der Waals surface area contributed by atoms with Crippen molar-refractivity contribution in [2.24, 2.45) is 0 Å². The molecule has 10 aromatic rings. The Morgan fingerprint density at radius 1 is 0.408 bits per heavy atom. The summed E-state index contributed by atoms with van der Waals surface area (Å²) in [6.45, 7) is 0. The van der Waals surface area contributed by atoms with Gasteiger partial charge in [0.2, 0.25) is 0 Å². The molecule has 2 aromatic heterocycles. The highest BCUT2D eigenvalue weighted by atomic mass is 32.1. The van der Waals surface area contributed by atoms with Crippen LogP contribution in [0.5, 0.6) is 0 Å². The molecule has 0 saturated heterocycles. The molecular weight excluding hydrogens is 613 g/mol. The minimum absolute atomic E-state index is 1.12. The van der Waals surface area contributed by atoms with Gasteiger partial charge in [-0.3, -0.25) is 0 Å². The first-order chi connectivity index (χ1) is 24.3. The molecule has 0 spiro atoms. The molecule has 3 heteroatoms. The molecule has 0 saturated carbocycles. The minimum atomic E-state index is 1.12. The maximum absolute atomic E-state index is 2.45. The summed E-state index contributed by atoms with van der Waals surface area (Å²) in [6, 6.07) is 66.2. The molecule has 0 bridgehead atoms. The highest BCUT2D eigenvalue weighted by Crippen LogP contribution is 2.46. The predicted molar refractivity (Wildman–Crippen MR) is 211 cm³/mol. The molecule has 2 heterocycles. The van der Waals surface area contributed by atoms with E-state index in [2.05, 4.69) is 191 Å². The summed E-state index contributed by atoms with van der Waals surface area (Å²) in [5.74, 6) is 0. The first kappa shape index (κ1) is 27.9. The van der Waals surface area contributed by atoms with Gasteiger partial charge < -0.3 is 9.47 Å². The predicted octanol–water partition coefficient (Wildman–Crippen LogP) is 13.4. The SMILES string of the molecule is c1ccc(-c2ccc(N(c3ccc4c5c6ccccc6ccc5n(-c5ccccc5)c4c3)c3cccc4sc5ccccc5c34)cc2)cc1. The number of hydrogen-bond donors (Lipinski definition) is 0. The van der Waals surface area contributed by atoms with Gasteiger partial charge in [-0.1, -0.05) is 121 Å². The van der Waals surface area contributed by atoms with E-state index >= 15 is 0 Å². The van der Waals surface area contributed by atoms with Gasteiger partial charge in [-0.2, -0.15) is 0 Å². The molecule has 0 aliphatic carbocycles. The quantitative estimate of drug-likeness (QED) is 0.181. The summed E-state index contributed by atoms with van der Waals surface area (Å²) >= 11 is 1.86. The molecule has 0 fully saturated rings. The lowest BCUT2D eigenvalue weighted by Crippen LogP contribution is -2.10. The third-order valence-electron chi connectivity index (χ3n) is 9.77. The van der Waals surface area contributed by atoms with Crippen molar-refractivity contribution in [1.82, 2.24) is 4.57 Å². The number of fused-ring (bicyclic) bond motifs is 8. The van der Waals surface area contributed by atoms with Crippen LogP contribution in [0.1, 0.15) is 0 Å². The molecule has 0 atom stereocenters. The molecule has 0 radical (unpaired) electrons. The fourth-order valence-corrected chi connectivity index (χ4v) is 8.70. The average Bonchev–Trinajstić information content (AvgIpc) is 3.72. The zero-order chi connectivity index (χ0) is 32.3. The van der Waals surface area contributed by atoms with Crippen LogP contribution in [0.15, 0.2) is 182 Å². The Balaban J connectivity index is 1.27. The van der Waals surface area contributed by atoms with Crippen molar-refractivity contribution >= 4 is 81.1 Å². The zero-order valence-corrected chi connectivity index (χ0v) is 27.4. The summed E-state index contributed by atoms with van der Waals surface area (Å²) in [6.07, 6.45) is 0. The van der Waals surface area contributed by atoms with E-state index in [-0.39, 0.29) is 0 Å². The molecule has 0 aliphatic heterocycles. The van der Waals surface area contributed by atoms with Crippen molar-refractivity contribution in [3.8, 4) is 16.8 Å². The number of hydrogen-bond acceptors (Lipinski definition) is 2. The molecule has 230 valence electrons. The van der Waals surface area contributed by atoms with Crippen LogP contribution >= 0.6 is 11.3 Å². The first-order valence-electron chi connectivity index (χ1n) is 16.7. The number of anilines is 3. The van der Waals surface area contributed by atoms with Crippen LogP contribution in [0.3, 0.4) is 0 Å². The average molecular weight is 643 g/mol. The zero-order valence-electron chi connectivity index (χ0n) is 26.6. The Morgan fingerprint density at radius 2 is 1.08 bits per heavy atom. The molecule has 0 unspecified atom stereocenters. The summed E-state index contributed by atoms with van der Waals surface area (Å²) < 4.78 is 5.02. The van der Waals surface area contributed by atoms with Crippen molar-refractivity contribution in [1.29, 1.82) is 0 Å². The Kier molecular flexibility index (Phi) is 6.39. The van der Waals surface area contributed by atoms with E-state index in [9.17, 15) is 0 Å². The fraction of sp³-hybridized carbons (Fsp3) is 0. The number of rotatable bonds is 5. The second-order valence-corrected chi connectivity index (χ2v) is 13.6. The highest BCUT2D eigenvalue weighted by molar-refractivity contribution is 7.26. The molecular formula is C46H30N2S. The third-order valence-corrected chi connectivity index (χ3v) is 10.9. The normalized spacial score (nSPS) is 11.7. The fourth-order valence-electron chi connectivity index (χ4n) is 7.57. The lowest BCUT2D eigenvalue weighted by molar-refractivity contribution is 1.18. The van der Waals surface area contributed by atoms with E-state index in [1.54, 1.807) is 0 Å². The van der Waals surface area contributed by atoms with E-state index in [4.69, 9.17) is 0 Å². The van der Waals surface area contributed by atoms with Crippen LogP contribution in [0, 0.1) is 0 Å². The topological polar surface area (TPSA) is 8.17 Å². The van der Waals surface area contributed by atoms with Crippen LogP contribution in [-0.2, 0) is 0 Å². The van der Waals surface area contributed by atoms with Crippen LogP contribution in [-0.4, -0.2) is 4.57 Å². The minimum Gasteiger partial charge on any atom is -0.310 e. The van der Waals surface area contributed by atoms with E-state index in [0.717, 1.165) is 17.1 Å². The molecule has 10 rings (SSSR count). The molecule has 2 nitrogen and oxygen atoms in total. The van der Waals surface area contributed by atoms with Crippen molar-refractivity contribution in [3.05, 3.63) is 182 Å². The van der Waals surface area contributed by atoms with Crippen LogP contribution in [0.4, 0.5) is 17.1 Å². The molecule has 0 amide bonds. The monoisotopic (exact) mass is 642 g/mol. The number of para-hydroxylation sites is 1. The van der Waals surface area contributed by atoms with Gasteiger partial charge in [0.15, 0.2) is 0 Å². The van der Waals surface area contributed by atoms with Gasteiger partial charge in [-0.15, -0.1) is 11.3 Å². The standard InChI is InChI=1S/C46H30N2S/c1-3-12-31(13-4-1)32-22-25-35(26-23-32)47(40-19-11-21-44-46(40)39-18-9-10-20-43(39)49-44)36-27-28-38-42(30-36)48(34-15-5-2-6-16-34)41-29-24-33-14-7-8-17-37(33)45(38)41/h1-30H. The first-order valence-corrected chi connectivity index (χ1v) is 17.5. The lowest BCUT2D eigenvalue weighted by atomic mass is 10.0. The van der Waals surface area contributed by atoms with E-state index in [1.165, 1.54) is 69.6 Å². The highest BCUT2D eigenvalue weighted by Gasteiger charge is 2.21. The number of nitrogens with zero attached hydrogens (tertiary/aromatic N) is 2. The van der Waals surface area contributed by atoms with E-state index in [1.807, 2.05) is 11.3 Å². The third kappa shape index (κ3) is 4.47. The Hall–Kier alpha value is -6.16. The molecule has 49 heavy (non-hydrogen) atoms. The van der Waals surface area contributed by atoms with Crippen molar-refractivity contribution < 1.29 is 0 Å². The van der Waals surface area contributed by atoms with Crippen molar-refractivity contribution in [2.45, 2.75) is 0 Å². The van der Waals surface area contributed by atoms with Gasteiger partial charge in [0, 0.05) is 48.0 Å². The summed E-state index contributed by atoms with van der Waals surface area (Å²) in [4.78, 5) is 2.45. The number of benzene rings is 8. The summed E-state index contributed by atoms with van der Waals surface area (Å²) in [7, 11) is 0. The van der Waals surface area contributed by atoms with Gasteiger partial charge in [0.05, 0.1) is 16.7 Å². The van der Waals surface area contributed by atoms with Gasteiger partial charge in [0.25, 0.3) is 0 Å². The lowest BCUT2D eigenvalue weighted by Gasteiger charge is -2.27. The maximum Gasteiger partial charge on any atom is 0.0562 e. The van der Waals surface area contributed by atoms with Crippen molar-refractivity contribution in [2.75, 3.05) is 4.90 Å². The van der Waals surface area contributed by atoms with Crippen LogP contribution in [0.25, 0.3) is 69.6 Å². The maximum atomic E-state index is 2.45. The summed E-state index contributed by atoms with van der Waals surface area (Å²) in [5, 5.41) is 7.63. The Labute approximate surface area is 288 Å². The molecule has 8 aromatic carbocycles. The van der Waals surface area contributed by atoms with E-state index in [0.29, 0.717) is 0 Å². The largest absolute Gasteiger partial charge is 0.310 e. The van der Waals surface area contributed by atoms with Crippen molar-refractivity contribution in [3.63, 3.8) is 0 Å². The number of aromatic nitrogens is 1.